The maximum absolute atomic E-state index is 11.1. The molecule has 9 nitrogen and oxygen atoms in total. The van der Waals surface area contributed by atoms with Crippen molar-refractivity contribution in [2.75, 3.05) is 0 Å². The number of nitrogens with two attached hydrogens (primary N) is 1. The number of aromatic nitrogens is 6. The van der Waals surface area contributed by atoms with Crippen LogP contribution in [0.5, 0.6) is 0 Å². The van der Waals surface area contributed by atoms with Crippen LogP contribution in [0.2, 0.25) is 5.02 Å². The molecule has 0 spiro atoms. The van der Waals surface area contributed by atoms with Crippen molar-refractivity contribution >= 4 is 28.4 Å². The van der Waals surface area contributed by atoms with Crippen molar-refractivity contribution in [2.24, 2.45) is 12.8 Å². The molecule has 3 aromatic heterocycles. The predicted molar refractivity (Wildman–Crippen MR) is 88.9 cm³/mol. The molecule has 4 rings (SSSR count). The highest BCUT2D eigenvalue weighted by molar-refractivity contribution is 6.36. The van der Waals surface area contributed by atoms with E-state index in [-0.39, 0.29) is 12.4 Å². The Kier molecular flexibility index (Phi) is 3.50. The topological polar surface area (TPSA) is 118 Å². The van der Waals surface area contributed by atoms with Crippen LogP contribution in [0.1, 0.15) is 16.5 Å². The van der Waals surface area contributed by atoms with Gasteiger partial charge in [-0.15, -0.1) is 0 Å². The summed E-state index contributed by atoms with van der Waals surface area (Å²) < 4.78 is 8.34. The maximum Gasteiger partial charge on any atom is 0.315 e. The number of amides is 1. The molecule has 1 amide bonds. The second kappa shape index (κ2) is 5.71. The van der Waals surface area contributed by atoms with Crippen molar-refractivity contribution < 1.29 is 9.32 Å². The average molecular weight is 358 g/mol. The molecule has 3 heterocycles. The summed E-state index contributed by atoms with van der Waals surface area (Å²) in [7, 11) is 1.84. The number of aryl methyl sites for hydroxylation is 1. The molecule has 0 bridgehead atoms. The molecule has 4 aromatic rings. The van der Waals surface area contributed by atoms with Gasteiger partial charge in [-0.05, 0) is 12.1 Å². The first-order valence-corrected chi connectivity index (χ1v) is 7.67. The van der Waals surface area contributed by atoms with Gasteiger partial charge < -0.3 is 14.8 Å². The number of carbonyl (C=O) groups excluding carboxylic acids is 1. The number of fused-ring (bicyclic) bond motifs is 1. The summed E-state index contributed by atoms with van der Waals surface area (Å²) in [4.78, 5) is 19.4. The number of carbonyl (C=O) groups is 1. The van der Waals surface area contributed by atoms with Crippen LogP contribution in [0.15, 0.2) is 35.1 Å². The molecular formula is C15H12ClN7O2. The molecule has 0 saturated carbocycles. The summed E-state index contributed by atoms with van der Waals surface area (Å²) in [6.45, 7) is 0.245. The second-order valence-electron chi connectivity index (χ2n) is 5.36. The lowest BCUT2D eigenvalue weighted by molar-refractivity contribution is 0.0958. The van der Waals surface area contributed by atoms with Crippen molar-refractivity contribution in [1.82, 2.24) is 29.5 Å². The molecule has 0 saturated heterocycles. The molecule has 2 N–H and O–H groups in total. The van der Waals surface area contributed by atoms with E-state index in [0.29, 0.717) is 22.4 Å². The molecule has 0 aliphatic heterocycles. The minimum absolute atomic E-state index is 0.233. The molecule has 0 aliphatic carbocycles. The molecule has 10 heteroatoms. The Morgan fingerprint density at radius 1 is 1.40 bits per heavy atom. The Balaban J connectivity index is 1.78. The van der Waals surface area contributed by atoms with Crippen molar-refractivity contribution in [1.29, 1.82) is 0 Å². The molecular weight excluding hydrogens is 346 g/mol. The minimum atomic E-state index is -0.771. The molecule has 0 unspecified atom stereocenters. The van der Waals surface area contributed by atoms with Crippen molar-refractivity contribution in [3.63, 3.8) is 0 Å². The summed E-state index contributed by atoms with van der Waals surface area (Å²) >= 11 is 6.36. The third kappa shape index (κ3) is 2.54. The monoisotopic (exact) mass is 357 g/mol. The first kappa shape index (κ1) is 15.3. The Morgan fingerprint density at radius 3 is 3.00 bits per heavy atom. The van der Waals surface area contributed by atoms with Gasteiger partial charge in [0.15, 0.2) is 11.6 Å². The molecule has 1 aromatic carbocycles. The summed E-state index contributed by atoms with van der Waals surface area (Å²) in [6, 6.07) is 5.61. The van der Waals surface area contributed by atoms with E-state index in [1.807, 2.05) is 19.2 Å². The van der Waals surface area contributed by atoms with Gasteiger partial charge in [0.1, 0.15) is 5.69 Å². The summed E-state index contributed by atoms with van der Waals surface area (Å²) in [5.74, 6) is -0.0985. The number of benzene rings is 1. The van der Waals surface area contributed by atoms with E-state index in [9.17, 15) is 4.79 Å². The quantitative estimate of drug-likeness (QED) is 0.593. The number of imidazole rings is 1. The highest BCUT2D eigenvalue weighted by atomic mass is 35.5. The Hall–Kier alpha value is -3.20. The standard InChI is InChI=1S/C15H12ClN7O2/c1-22-9-4-2-3-8(16)11(9)12(20-22)14-18-5-6-23(14)7-10-19-15(13(17)24)25-21-10/h2-6H,7H2,1H3,(H2,17,24). The van der Waals surface area contributed by atoms with Gasteiger partial charge in [-0.1, -0.05) is 22.8 Å². The average Bonchev–Trinajstić information content (AvgIpc) is 3.28. The van der Waals surface area contributed by atoms with E-state index in [2.05, 4.69) is 20.2 Å². The third-order valence-corrected chi connectivity index (χ3v) is 4.06. The largest absolute Gasteiger partial charge is 0.361 e. The zero-order valence-electron chi connectivity index (χ0n) is 13.0. The zero-order chi connectivity index (χ0) is 17.6. The van der Waals surface area contributed by atoms with Crippen LogP contribution in [0.3, 0.4) is 0 Å². The third-order valence-electron chi connectivity index (χ3n) is 3.74. The fraction of sp³-hybridized carbons (Fsp3) is 0.133. The van der Waals surface area contributed by atoms with Crippen LogP contribution >= 0.6 is 11.6 Å². The Morgan fingerprint density at radius 2 is 2.24 bits per heavy atom. The van der Waals surface area contributed by atoms with Crippen LogP contribution in [0.25, 0.3) is 22.4 Å². The molecule has 0 fully saturated rings. The van der Waals surface area contributed by atoms with Gasteiger partial charge in [0.05, 0.1) is 17.1 Å². The SMILES string of the molecule is Cn1nc(-c2nccn2Cc2noc(C(N)=O)n2)c2c(Cl)cccc21. The number of rotatable bonds is 4. The van der Waals surface area contributed by atoms with E-state index >= 15 is 0 Å². The highest BCUT2D eigenvalue weighted by Crippen LogP contribution is 2.32. The highest BCUT2D eigenvalue weighted by Gasteiger charge is 2.19. The van der Waals surface area contributed by atoms with Gasteiger partial charge in [0.25, 0.3) is 0 Å². The molecule has 0 aliphatic rings. The lowest BCUT2D eigenvalue weighted by Crippen LogP contribution is -2.11. The fourth-order valence-electron chi connectivity index (χ4n) is 2.65. The van der Waals surface area contributed by atoms with E-state index in [0.717, 1.165) is 10.9 Å². The lowest BCUT2D eigenvalue weighted by Gasteiger charge is -2.03. The predicted octanol–water partition coefficient (Wildman–Crippen LogP) is 1.62. The van der Waals surface area contributed by atoms with E-state index in [1.165, 1.54) is 0 Å². The van der Waals surface area contributed by atoms with Crippen LogP contribution < -0.4 is 5.73 Å². The normalized spacial score (nSPS) is 11.3. The summed E-state index contributed by atoms with van der Waals surface area (Å²) in [5.41, 5.74) is 6.66. The number of primary amides is 1. The van der Waals surface area contributed by atoms with Crippen molar-refractivity contribution in [2.45, 2.75) is 6.54 Å². The minimum Gasteiger partial charge on any atom is -0.361 e. The first-order valence-electron chi connectivity index (χ1n) is 7.29. The van der Waals surface area contributed by atoms with Crippen molar-refractivity contribution in [3.05, 3.63) is 47.3 Å². The molecule has 0 atom stereocenters. The Bertz CT molecular complexity index is 1090. The van der Waals surface area contributed by atoms with Gasteiger partial charge in [0, 0.05) is 24.8 Å². The van der Waals surface area contributed by atoms with E-state index in [4.69, 9.17) is 21.9 Å². The van der Waals surface area contributed by atoms with E-state index < -0.39 is 5.91 Å². The van der Waals surface area contributed by atoms with Crippen LogP contribution in [0, 0.1) is 0 Å². The molecule has 25 heavy (non-hydrogen) atoms. The first-order chi connectivity index (χ1) is 12.0. The van der Waals surface area contributed by atoms with Gasteiger partial charge in [-0.3, -0.25) is 9.48 Å². The van der Waals surface area contributed by atoms with Crippen LogP contribution in [-0.2, 0) is 13.6 Å². The van der Waals surface area contributed by atoms with Gasteiger partial charge in [-0.2, -0.15) is 10.1 Å². The van der Waals surface area contributed by atoms with Crippen LogP contribution in [-0.4, -0.2) is 35.4 Å². The zero-order valence-corrected chi connectivity index (χ0v) is 13.8. The summed E-state index contributed by atoms with van der Waals surface area (Å²) in [5, 5.41) is 9.68. The van der Waals surface area contributed by atoms with Gasteiger partial charge in [0.2, 0.25) is 0 Å². The maximum atomic E-state index is 11.1. The summed E-state index contributed by atoms with van der Waals surface area (Å²) in [6.07, 6.45) is 3.40. The number of halogens is 1. The van der Waals surface area contributed by atoms with Gasteiger partial charge in [-0.25, -0.2) is 4.98 Å². The second-order valence-corrected chi connectivity index (χ2v) is 5.77. The molecule has 126 valence electrons. The lowest BCUT2D eigenvalue weighted by atomic mass is 10.2. The smallest absolute Gasteiger partial charge is 0.315 e. The van der Waals surface area contributed by atoms with Crippen LogP contribution in [0.4, 0.5) is 0 Å². The fourth-order valence-corrected chi connectivity index (χ4v) is 2.91. The van der Waals surface area contributed by atoms with Crippen molar-refractivity contribution in [3.8, 4) is 11.5 Å². The Labute approximate surface area is 146 Å². The number of hydrogen-bond acceptors (Lipinski definition) is 6. The van der Waals surface area contributed by atoms with Gasteiger partial charge >= 0.3 is 11.8 Å². The number of nitrogens with zero attached hydrogens (tertiary/aromatic N) is 6. The molecule has 0 radical (unpaired) electrons. The van der Waals surface area contributed by atoms with E-state index in [1.54, 1.807) is 27.7 Å². The number of hydrogen-bond donors (Lipinski definition) is 1.